The lowest BCUT2D eigenvalue weighted by atomic mass is 9.76. The van der Waals surface area contributed by atoms with Crippen LogP contribution in [0.25, 0.3) is 0 Å². The molecule has 0 aliphatic heterocycles. The van der Waals surface area contributed by atoms with Gasteiger partial charge in [0.1, 0.15) is 0 Å². The summed E-state index contributed by atoms with van der Waals surface area (Å²) in [7, 11) is -1.66. The standard InChI is InChI=1S/C17H20BNO4S/c1-12(9-15(20)14-5-3-2-4-6-14)17(21)19-16(18(22)23)10-13-7-8-24-11-13/h2-8,11-12,16,22-23H,9-10H2,1H3,(H,19,21)/t12-,16+/m1/s1. The van der Waals surface area contributed by atoms with Crippen LogP contribution in [0.4, 0.5) is 0 Å². The molecule has 0 spiro atoms. The summed E-state index contributed by atoms with van der Waals surface area (Å²) in [5.74, 6) is -1.84. The van der Waals surface area contributed by atoms with Crippen LogP contribution in [0.2, 0.25) is 0 Å². The van der Waals surface area contributed by atoms with Crippen LogP contribution < -0.4 is 5.32 Å². The van der Waals surface area contributed by atoms with Gasteiger partial charge in [-0.2, -0.15) is 11.3 Å². The zero-order valence-corrected chi connectivity index (χ0v) is 14.2. The van der Waals surface area contributed by atoms with Gasteiger partial charge in [-0.25, -0.2) is 0 Å². The Kier molecular flexibility index (Phi) is 6.72. The number of rotatable bonds is 8. The fourth-order valence-corrected chi connectivity index (χ4v) is 3.01. The lowest BCUT2D eigenvalue weighted by Crippen LogP contribution is -2.49. The number of benzene rings is 1. The van der Waals surface area contributed by atoms with Gasteiger partial charge in [-0.1, -0.05) is 37.3 Å². The summed E-state index contributed by atoms with van der Waals surface area (Å²) >= 11 is 1.50. The van der Waals surface area contributed by atoms with E-state index in [4.69, 9.17) is 0 Å². The molecular formula is C17H20BNO4S. The molecule has 0 radical (unpaired) electrons. The summed E-state index contributed by atoms with van der Waals surface area (Å²) in [5.41, 5.74) is 1.49. The van der Waals surface area contributed by atoms with E-state index in [-0.39, 0.29) is 18.1 Å². The van der Waals surface area contributed by atoms with Gasteiger partial charge in [0.2, 0.25) is 5.91 Å². The summed E-state index contributed by atoms with van der Waals surface area (Å²) < 4.78 is 0. The fourth-order valence-electron chi connectivity index (χ4n) is 2.33. The molecule has 0 saturated heterocycles. The van der Waals surface area contributed by atoms with Gasteiger partial charge in [0, 0.05) is 17.9 Å². The highest BCUT2D eigenvalue weighted by molar-refractivity contribution is 7.07. The summed E-state index contributed by atoms with van der Waals surface area (Å²) in [6.45, 7) is 1.65. The number of hydrogen-bond donors (Lipinski definition) is 3. The van der Waals surface area contributed by atoms with E-state index in [0.717, 1.165) is 5.56 Å². The first-order valence-corrected chi connectivity index (χ1v) is 8.67. The quantitative estimate of drug-likeness (QED) is 0.502. The lowest BCUT2D eigenvalue weighted by molar-refractivity contribution is -0.124. The Morgan fingerprint density at radius 1 is 1.21 bits per heavy atom. The van der Waals surface area contributed by atoms with Crippen molar-refractivity contribution in [3.63, 3.8) is 0 Å². The number of carbonyl (C=O) groups excluding carboxylic acids is 2. The molecule has 5 nitrogen and oxygen atoms in total. The maximum atomic E-state index is 12.3. The Bertz CT molecular complexity index is 660. The molecule has 2 atom stereocenters. The van der Waals surface area contributed by atoms with E-state index in [1.165, 1.54) is 11.3 Å². The summed E-state index contributed by atoms with van der Waals surface area (Å²) in [6.07, 6.45) is 0.398. The van der Waals surface area contributed by atoms with Crippen LogP contribution in [0.1, 0.15) is 29.3 Å². The largest absolute Gasteiger partial charge is 0.475 e. The van der Waals surface area contributed by atoms with Crippen molar-refractivity contribution in [1.82, 2.24) is 5.32 Å². The van der Waals surface area contributed by atoms with Crippen LogP contribution in [0.5, 0.6) is 0 Å². The molecule has 1 aromatic carbocycles. The molecular weight excluding hydrogens is 325 g/mol. The van der Waals surface area contributed by atoms with Crippen molar-refractivity contribution in [2.75, 3.05) is 0 Å². The third-order valence-corrected chi connectivity index (χ3v) is 4.49. The number of Topliss-reactive ketones (excluding diaryl/α,β-unsaturated/α-hetero) is 1. The fraction of sp³-hybridized carbons (Fsp3) is 0.294. The molecule has 0 unspecified atom stereocenters. The maximum absolute atomic E-state index is 12.3. The van der Waals surface area contributed by atoms with E-state index in [0.29, 0.717) is 12.0 Å². The first kappa shape index (κ1) is 18.4. The lowest BCUT2D eigenvalue weighted by Gasteiger charge is -2.20. The average Bonchev–Trinajstić information content (AvgIpc) is 3.07. The molecule has 0 aliphatic rings. The Labute approximate surface area is 145 Å². The normalized spacial score (nSPS) is 13.1. The highest BCUT2D eigenvalue weighted by Crippen LogP contribution is 2.12. The molecule has 0 bridgehead atoms. The predicted octanol–water partition coefficient (Wildman–Crippen LogP) is 1.70. The van der Waals surface area contributed by atoms with E-state index in [1.807, 2.05) is 22.9 Å². The molecule has 0 saturated carbocycles. The van der Waals surface area contributed by atoms with Crippen molar-refractivity contribution < 1.29 is 19.6 Å². The minimum Gasteiger partial charge on any atom is -0.426 e. The van der Waals surface area contributed by atoms with Gasteiger partial charge in [0.15, 0.2) is 5.78 Å². The molecule has 2 rings (SSSR count). The van der Waals surface area contributed by atoms with Gasteiger partial charge in [-0.05, 0) is 28.8 Å². The Hall–Kier alpha value is -1.96. The number of amides is 1. The van der Waals surface area contributed by atoms with E-state index in [9.17, 15) is 19.6 Å². The summed E-state index contributed by atoms with van der Waals surface area (Å²) in [6, 6.07) is 10.7. The third-order valence-electron chi connectivity index (χ3n) is 3.76. The zero-order valence-electron chi connectivity index (χ0n) is 13.4. The van der Waals surface area contributed by atoms with Crippen LogP contribution in [0.3, 0.4) is 0 Å². The molecule has 1 amide bonds. The van der Waals surface area contributed by atoms with Crippen molar-refractivity contribution in [2.24, 2.45) is 5.92 Å². The molecule has 2 aromatic rings. The van der Waals surface area contributed by atoms with Crippen LogP contribution in [0.15, 0.2) is 47.2 Å². The van der Waals surface area contributed by atoms with Gasteiger partial charge in [0.25, 0.3) is 0 Å². The van der Waals surface area contributed by atoms with Gasteiger partial charge < -0.3 is 15.4 Å². The minimum absolute atomic E-state index is 0.0720. The number of hydrogen-bond acceptors (Lipinski definition) is 5. The second-order valence-electron chi connectivity index (χ2n) is 5.76. The molecule has 1 heterocycles. The maximum Gasteiger partial charge on any atom is 0.475 e. The van der Waals surface area contributed by atoms with Gasteiger partial charge in [0.05, 0.1) is 5.94 Å². The molecule has 1 aromatic heterocycles. The van der Waals surface area contributed by atoms with Crippen molar-refractivity contribution in [3.8, 4) is 0 Å². The first-order valence-electron chi connectivity index (χ1n) is 7.73. The molecule has 0 fully saturated rings. The molecule has 24 heavy (non-hydrogen) atoms. The third kappa shape index (κ3) is 5.30. The molecule has 7 heteroatoms. The van der Waals surface area contributed by atoms with Crippen LogP contribution in [0, 0.1) is 5.92 Å². The molecule has 3 N–H and O–H groups in total. The van der Waals surface area contributed by atoms with Gasteiger partial charge >= 0.3 is 7.12 Å². The number of carbonyl (C=O) groups is 2. The Morgan fingerprint density at radius 3 is 2.50 bits per heavy atom. The second-order valence-corrected chi connectivity index (χ2v) is 6.54. The monoisotopic (exact) mass is 345 g/mol. The minimum atomic E-state index is -1.66. The van der Waals surface area contributed by atoms with Gasteiger partial charge in [-0.3, -0.25) is 9.59 Å². The molecule has 126 valence electrons. The topological polar surface area (TPSA) is 86.6 Å². The second kappa shape index (κ2) is 8.77. The van der Waals surface area contributed by atoms with Crippen molar-refractivity contribution in [3.05, 3.63) is 58.3 Å². The smallest absolute Gasteiger partial charge is 0.426 e. The van der Waals surface area contributed by atoms with E-state index in [1.54, 1.807) is 31.2 Å². The SMILES string of the molecule is C[C@H](CC(=O)c1ccccc1)C(=O)N[C@@H](Cc1ccsc1)B(O)O. The Balaban J connectivity index is 1.92. The number of nitrogens with one attached hydrogen (secondary N) is 1. The summed E-state index contributed by atoms with van der Waals surface area (Å²) in [4.78, 5) is 24.4. The summed E-state index contributed by atoms with van der Waals surface area (Å²) in [5, 5.41) is 25.4. The molecule has 0 aliphatic carbocycles. The van der Waals surface area contributed by atoms with Crippen molar-refractivity contribution >= 4 is 30.1 Å². The van der Waals surface area contributed by atoms with Crippen LogP contribution >= 0.6 is 11.3 Å². The van der Waals surface area contributed by atoms with E-state index in [2.05, 4.69) is 5.32 Å². The highest BCUT2D eigenvalue weighted by Gasteiger charge is 2.28. The van der Waals surface area contributed by atoms with E-state index >= 15 is 0 Å². The van der Waals surface area contributed by atoms with Crippen LogP contribution in [-0.2, 0) is 11.2 Å². The number of ketones is 1. The highest BCUT2D eigenvalue weighted by atomic mass is 32.1. The van der Waals surface area contributed by atoms with Gasteiger partial charge in [-0.15, -0.1) is 0 Å². The van der Waals surface area contributed by atoms with Crippen molar-refractivity contribution in [2.45, 2.75) is 25.7 Å². The van der Waals surface area contributed by atoms with Crippen molar-refractivity contribution in [1.29, 1.82) is 0 Å². The van der Waals surface area contributed by atoms with Crippen LogP contribution in [-0.4, -0.2) is 34.8 Å². The number of thiophene rings is 1. The average molecular weight is 345 g/mol. The zero-order chi connectivity index (χ0) is 17.5. The Morgan fingerprint density at radius 2 is 1.92 bits per heavy atom. The first-order chi connectivity index (χ1) is 11.5. The van der Waals surface area contributed by atoms with E-state index < -0.39 is 19.0 Å². The predicted molar refractivity (Wildman–Crippen MR) is 94.7 cm³/mol.